The Hall–Kier alpha value is -4.03. The third-order valence-electron chi connectivity index (χ3n) is 6.16. The molecule has 0 amide bonds. The van der Waals surface area contributed by atoms with Gasteiger partial charge >= 0.3 is 5.97 Å². The summed E-state index contributed by atoms with van der Waals surface area (Å²) in [5, 5.41) is 7.50. The molecule has 2 aliphatic heterocycles. The number of esters is 1. The molecule has 0 saturated heterocycles. The second-order valence-electron chi connectivity index (χ2n) is 8.53. The molecule has 3 heterocycles. The molecule has 1 aromatic heterocycles. The number of benzene rings is 3. The molecule has 0 aliphatic carbocycles. The van der Waals surface area contributed by atoms with E-state index in [0.29, 0.717) is 22.8 Å². The fourth-order valence-electron chi connectivity index (χ4n) is 4.46. The Morgan fingerprint density at radius 1 is 1.03 bits per heavy atom. The predicted octanol–water partition coefficient (Wildman–Crippen LogP) is 6.70. The fourth-order valence-corrected chi connectivity index (χ4v) is 4.64. The molecule has 2 atom stereocenters. The van der Waals surface area contributed by atoms with Crippen molar-refractivity contribution >= 4 is 23.3 Å². The Bertz CT molecular complexity index is 1430. The van der Waals surface area contributed by atoms with Crippen LogP contribution in [0.3, 0.4) is 0 Å². The zero-order valence-corrected chi connectivity index (χ0v) is 19.6. The molecule has 6 nitrogen and oxygen atoms in total. The lowest BCUT2D eigenvalue weighted by Gasteiger charge is -2.38. The molecular formula is C28H21ClN2O4. The highest BCUT2D eigenvalue weighted by atomic mass is 35.5. The number of hydrazone groups is 1. The highest BCUT2D eigenvalue weighted by molar-refractivity contribution is 6.30. The number of carbonyl (C=O) groups is 1. The van der Waals surface area contributed by atoms with Crippen molar-refractivity contribution < 1.29 is 18.7 Å². The van der Waals surface area contributed by atoms with Crippen LogP contribution < -0.4 is 9.47 Å². The molecule has 0 bridgehead atoms. The van der Waals surface area contributed by atoms with Crippen LogP contribution in [0.5, 0.6) is 11.5 Å². The van der Waals surface area contributed by atoms with Crippen LogP contribution in [-0.2, 0) is 0 Å². The van der Waals surface area contributed by atoms with E-state index in [9.17, 15) is 4.79 Å². The molecule has 0 radical (unpaired) electrons. The summed E-state index contributed by atoms with van der Waals surface area (Å²) in [6, 6.07) is 25.7. The average molecular weight is 485 g/mol. The number of halogens is 1. The number of aryl methyl sites for hydroxylation is 1. The van der Waals surface area contributed by atoms with E-state index in [1.165, 1.54) is 0 Å². The Labute approximate surface area is 207 Å². The maximum atomic E-state index is 12.4. The van der Waals surface area contributed by atoms with Gasteiger partial charge in [-0.25, -0.2) is 9.80 Å². The normalized spacial score (nSPS) is 18.3. The van der Waals surface area contributed by atoms with Gasteiger partial charge in [0.05, 0.1) is 11.6 Å². The van der Waals surface area contributed by atoms with Crippen LogP contribution in [0.1, 0.15) is 51.7 Å². The van der Waals surface area contributed by atoms with Gasteiger partial charge in [-0.15, -0.1) is 0 Å². The molecule has 0 fully saturated rings. The maximum absolute atomic E-state index is 12.4. The van der Waals surface area contributed by atoms with Crippen LogP contribution in [0.4, 0.5) is 0 Å². The van der Waals surface area contributed by atoms with Crippen LogP contribution in [0.25, 0.3) is 0 Å². The van der Waals surface area contributed by atoms with Gasteiger partial charge < -0.3 is 13.9 Å². The minimum absolute atomic E-state index is 0.0431. The molecule has 0 saturated carbocycles. The standard InChI is InChI=1S/C28H21ClN2O4/c1-17-7-13-26(33-17)23-16-24-22-15-20(29)10-14-25(22)35-27(31(24)30-23)18-8-11-21(12-9-18)34-28(32)19-5-3-2-4-6-19/h2-15,24,27H,16H2,1H3/t24-,27+/m1/s1. The number of fused-ring (bicyclic) bond motifs is 3. The van der Waals surface area contributed by atoms with Crippen LogP contribution in [0.2, 0.25) is 5.02 Å². The Morgan fingerprint density at radius 3 is 2.57 bits per heavy atom. The summed E-state index contributed by atoms with van der Waals surface area (Å²) in [5.41, 5.74) is 3.23. The lowest BCUT2D eigenvalue weighted by atomic mass is 9.97. The molecule has 0 N–H and O–H groups in total. The van der Waals surface area contributed by atoms with E-state index in [4.69, 9.17) is 30.6 Å². The largest absolute Gasteiger partial charge is 0.464 e. The first-order valence-corrected chi connectivity index (χ1v) is 11.7. The van der Waals surface area contributed by atoms with Crippen LogP contribution in [-0.4, -0.2) is 16.7 Å². The molecule has 0 unspecified atom stereocenters. The second kappa shape index (κ2) is 8.64. The summed E-state index contributed by atoms with van der Waals surface area (Å²) in [4.78, 5) is 12.4. The molecule has 7 heteroatoms. The number of rotatable bonds is 4. The van der Waals surface area contributed by atoms with E-state index in [1.54, 1.807) is 36.4 Å². The topological polar surface area (TPSA) is 64.3 Å². The Balaban J connectivity index is 1.30. The zero-order valence-electron chi connectivity index (χ0n) is 18.9. The molecule has 4 aromatic rings. The van der Waals surface area contributed by atoms with E-state index in [-0.39, 0.29) is 6.04 Å². The summed E-state index contributed by atoms with van der Waals surface area (Å²) in [7, 11) is 0. The zero-order chi connectivity index (χ0) is 23.9. The van der Waals surface area contributed by atoms with Gasteiger partial charge in [0.25, 0.3) is 0 Å². The first-order chi connectivity index (χ1) is 17.0. The number of hydrogen-bond acceptors (Lipinski definition) is 6. The van der Waals surface area contributed by atoms with Crippen molar-refractivity contribution in [3.8, 4) is 11.5 Å². The van der Waals surface area contributed by atoms with Crippen molar-refractivity contribution in [3.63, 3.8) is 0 Å². The van der Waals surface area contributed by atoms with Crippen molar-refractivity contribution in [1.29, 1.82) is 0 Å². The maximum Gasteiger partial charge on any atom is 0.343 e. The highest BCUT2D eigenvalue weighted by Gasteiger charge is 2.41. The van der Waals surface area contributed by atoms with Crippen LogP contribution in [0, 0.1) is 6.92 Å². The van der Waals surface area contributed by atoms with E-state index in [1.807, 2.05) is 60.5 Å². The summed E-state index contributed by atoms with van der Waals surface area (Å²) < 4.78 is 17.8. The fraction of sp³-hybridized carbons (Fsp3) is 0.143. The van der Waals surface area contributed by atoms with E-state index in [0.717, 1.165) is 34.1 Å². The minimum Gasteiger partial charge on any atom is -0.464 e. The summed E-state index contributed by atoms with van der Waals surface area (Å²) in [6.07, 6.45) is 0.216. The molecule has 0 spiro atoms. The van der Waals surface area contributed by atoms with Gasteiger partial charge in [-0.05, 0) is 73.7 Å². The van der Waals surface area contributed by atoms with Crippen molar-refractivity contribution in [2.24, 2.45) is 5.10 Å². The van der Waals surface area contributed by atoms with Gasteiger partial charge in [-0.3, -0.25) is 0 Å². The highest BCUT2D eigenvalue weighted by Crippen LogP contribution is 2.48. The summed E-state index contributed by atoms with van der Waals surface area (Å²) >= 11 is 6.31. The number of furan rings is 1. The van der Waals surface area contributed by atoms with Gasteiger partial charge in [0.15, 0.2) is 0 Å². The minimum atomic E-state index is -0.457. The number of hydrogen-bond donors (Lipinski definition) is 0. The van der Waals surface area contributed by atoms with Gasteiger partial charge in [0.1, 0.15) is 28.7 Å². The number of carbonyl (C=O) groups excluding carboxylic acids is 1. The third kappa shape index (κ3) is 4.06. The van der Waals surface area contributed by atoms with Gasteiger partial charge in [0, 0.05) is 22.6 Å². The van der Waals surface area contributed by atoms with E-state index < -0.39 is 12.2 Å². The molecular weight excluding hydrogens is 464 g/mol. The van der Waals surface area contributed by atoms with E-state index >= 15 is 0 Å². The first-order valence-electron chi connectivity index (χ1n) is 11.3. The van der Waals surface area contributed by atoms with Gasteiger partial charge in [-0.1, -0.05) is 29.8 Å². The molecule has 3 aromatic carbocycles. The monoisotopic (exact) mass is 484 g/mol. The Kier molecular flexibility index (Phi) is 5.30. The lowest BCUT2D eigenvalue weighted by molar-refractivity contribution is -0.0190. The van der Waals surface area contributed by atoms with Gasteiger partial charge in [-0.2, -0.15) is 5.10 Å². The Morgan fingerprint density at radius 2 is 1.83 bits per heavy atom. The van der Waals surface area contributed by atoms with Crippen molar-refractivity contribution in [1.82, 2.24) is 5.01 Å². The molecule has 6 rings (SSSR count). The molecule has 35 heavy (non-hydrogen) atoms. The average Bonchev–Trinajstić information content (AvgIpc) is 3.51. The predicted molar refractivity (Wildman–Crippen MR) is 132 cm³/mol. The molecule has 2 aliphatic rings. The third-order valence-corrected chi connectivity index (χ3v) is 6.40. The lowest BCUT2D eigenvalue weighted by Crippen LogP contribution is -2.33. The van der Waals surface area contributed by atoms with Gasteiger partial charge in [0.2, 0.25) is 6.23 Å². The number of nitrogens with zero attached hydrogens (tertiary/aromatic N) is 2. The quantitative estimate of drug-likeness (QED) is 0.238. The summed E-state index contributed by atoms with van der Waals surface area (Å²) in [5.74, 6) is 2.42. The van der Waals surface area contributed by atoms with Crippen LogP contribution in [0.15, 0.2) is 94.4 Å². The summed E-state index contributed by atoms with van der Waals surface area (Å²) in [6.45, 7) is 1.92. The number of ether oxygens (including phenoxy) is 2. The van der Waals surface area contributed by atoms with Crippen molar-refractivity contribution in [2.45, 2.75) is 25.6 Å². The van der Waals surface area contributed by atoms with E-state index in [2.05, 4.69) is 0 Å². The SMILES string of the molecule is Cc1ccc(C2=NN3[C@H](C2)c2cc(Cl)ccc2O[C@H]3c2ccc(OC(=O)c3ccccc3)cc2)o1. The molecule has 174 valence electrons. The van der Waals surface area contributed by atoms with Crippen LogP contribution >= 0.6 is 11.6 Å². The first kappa shape index (κ1) is 21.5. The van der Waals surface area contributed by atoms with Crippen molar-refractivity contribution in [2.75, 3.05) is 0 Å². The second-order valence-corrected chi connectivity index (χ2v) is 8.97. The smallest absolute Gasteiger partial charge is 0.343 e. The van der Waals surface area contributed by atoms with Crippen molar-refractivity contribution in [3.05, 3.63) is 118 Å².